The van der Waals surface area contributed by atoms with Crippen LogP contribution in [0.3, 0.4) is 0 Å². The molecule has 0 aliphatic carbocycles. The molecule has 0 atom stereocenters. The number of aliphatic hydroxyl groups excluding tert-OH is 1. The van der Waals surface area contributed by atoms with E-state index in [-0.39, 0.29) is 6.61 Å². The molecule has 0 aliphatic rings. The molecule has 0 aromatic carbocycles. The lowest BCUT2D eigenvalue weighted by Gasteiger charge is -2.06. The average molecular weight is 142 g/mol. The van der Waals surface area contributed by atoms with Crippen molar-refractivity contribution in [2.45, 2.75) is 13.8 Å². The predicted octanol–water partition coefficient (Wildman–Crippen LogP) is 1.48. The zero-order valence-electron chi connectivity index (χ0n) is 6.77. The molecular weight excluding hydrogens is 128 g/mol. The van der Waals surface area contributed by atoms with E-state index in [1.165, 1.54) is 0 Å². The van der Waals surface area contributed by atoms with Crippen LogP contribution in [0.15, 0.2) is 23.5 Å². The first-order chi connectivity index (χ1) is 4.63. The summed E-state index contributed by atoms with van der Waals surface area (Å²) in [5, 5.41) is 8.66. The van der Waals surface area contributed by atoms with Crippen LogP contribution in [0, 0.1) is 0 Å². The quantitative estimate of drug-likeness (QED) is 0.477. The van der Waals surface area contributed by atoms with Crippen LogP contribution in [-0.4, -0.2) is 18.8 Å². The number of hydrogen-bond acceptors (Lipinski definition) is 2. The van der Waals surface area contributed by atoms with Crippen molar-refractivity contribution in [1.29, 1.82) is 0 Å². The molecule has 0 amide bonds. The highest BCUT2D eigenvalue weighted by molar-refractivity contribution is 5.28. The van der Waals surface area contributed by atoms with Crippen molar-refractivity contribution in [3.05, 3.63) is 23.5 Å². The second kappa shape index (κ2) is 4.12. The van der Waals surface area contributed by atoms with Gasteiger partial charge < -0.3 is 9.84 Å². The van der Waals surface area contributed by atoms with Gasteiger partial charge in [0.25, 0.3) is 0 Å². The fourth-order valence-electron chi connectivity index (χ4n) is 0.521. The maximum Gasteiger partial charge on any atom is 0.0956 e. The molecule has 0 fully saturated rings. The molecule has 0 radical (unpaired) electrons. The Labute approximate surface area is 61.8 Å². The van der Waals surface area contributed by atoms with E-state index in [0.717, 1.165) is 11.3 Å². The van der Waals surface area contributed by atoms with Crippen LogP contribution in [0.25, 0.3) is 0 Å². The SMILES string of the molecule is C=C(CO)/C(C)=C(\C)OC. The molecule has 58 valence electrons. The summed E-state index contributed by atoms with van der Waals surface area (Å²) in [4.78, 5) is 0. The number of allylic oxidation sites excluding steroid dienone is 1. The van der Waals surface area contributed by atoms with Crippen LogP contribution in [0.4, 0.5) is 0 Å². The third-order valence-corrected chi connectivity index (χ3v) is 1.56. The van der Waals surface area contributed by atoms with Crippen LogP contribution >= 0.6 is 0 Å². The minimum atomic E-state index is -0.00741. The minimum Gasteiger partial charge on any atom is -0.501 e. The Kier molecular flexibility index (Phi) is 3.81. The van der Waals surface area contributed by atoms with Gasteiger partial charge in [0, 0.05) is 0 Å². The van der Waals surface area contributed by atoms with E-state index < -0.39 is 0 Å². The topological polar surface area (TPSA) is 29.5 Å². The summed E-state index contributed by atoms with van der Waals surface area (Å²) in [6.45, 7) is 7.36. The molecule has 2 nitrogen and oxygen atoms in total. The van der Waals surface area contributed by atoms with Crippen molar-refractivity contribution in [1.82, 2.24) is 0 Å². The third-order valence-electron chi connectivity index (χ3n) is 1.56. The van der Waals surface area contributed by atoms with Gasteiger partial charge in [0.15, 0.2) is 0 Å². The Balaban J connectivity index is 4.30. The minimum absolute atomic E-state index is 0.00741. The lowest BCUT2D eigenvalue weighted by molar-refractivity contribution is 0.286. The Morgan fingerprint density at radius 3 is 2.30 bits per heavy atom. The van der Waals surface area contributed by atoms with E-state index in [1.807, 2.05) is 13.8 Å². The Bertz CT molecular complexity index is 157. The van der Waals surface area contributed by atoms with Crippen molar-refractivity contribution < 1.29 is 9.84 Å². The molecule has 0 unspecified atom stereocenters. The summed E-state index contributed by atoms with van der Waals surface area (Å²) >= 11 is 0. The average Bonchev–Trinajstić information content (AvgIpc) is 2.00. The first-order valence-corrected chi connectivity index (χ1v) is 3.14. The summed E-state index contributed by atoms with van der Waals surface area (Å²) in [5.74, 6) is 0.805. The van der Waals surface area contributed by atoms with E-state index in [0.29, 0.717) is 5.57 Å². The number of rotatable bonds is 3. The van der Waals surface area contributed by atoms with Gasteiger partial charge in [-0.05, 0) is 25.0 Å². The monoisotopic (exact) mass is 142 g/mol. The lowest BCUT2D eigenvalue weighted by atomic mass is 10.1. The first kappa shape index (κ1) is 9.24. The first-order valence-electron chi connectivity index (χ1n) is 3.14. The molecule has 0 saturated heterocycles. The number of aliphatic hydroxyl groups is 1. The molecule has 0 saturated carbocycles. The molecule has 0 heterocycles. The van der Waals surface area contributed by atoms with Gasteiger partial charge in [-0.15, -0.1) is 0 Å². The highest BCUT2D eigenvalue weighted by Gasteiger charge is 1.98. The second-order valence-corrected chi connectivity index (χ2v) is 2.15. The molecule has 1 N–H and O–H groups in total. The van der Waals surface area contributed by atoms with Crippen LogP contribution in [0.2, 0.25) is 0 Å². The van der Waals surface area contributed by atoms with Crippen molar-refractivity contribution in [3.8, 4) is 0 Å². The third kappa shape index (κ3) is 2.23. The number of ether oxygens (including phenoxy) is 1. The zero-order valence-corrected chi connectivity index (χ0v) is 6.77. The van der Waals surface area contributed by atoms with Gasteiger partial charge in [0.05, 0.1) is 19.5 Å². The zero-order chi connectivity index (χ0) is 8.15. The lowest BCUT2D eigenvalue weighted by Crippen LogP contribution is -1.94. The van der Waals surface area contributed by atoms with E-state index in [2.05, 4.69) is 6.58 Å². The Hall–Kier alpha value is -0.760. The molecule has 0 rings (SSSR count). The molecule has 0 spiro atoms. The van der Waals surface area contributed by atoms with E-state index in [9.17, 15) is 0 Å². The molecule has 0 aromatic rings. The number of hydrogen-bond donors (Lipinski definition) is 1. The largest absolute Gasteiger partial charge is 0.501 e. The summed E-state index contributed by atoms with van der Waals surface area (Å²) in [6, 6.07) is 0. The van der Waals surface area contributed by atoms with Crippen molar-refractivity contribution in [3.63, 3.8) is 0 Å². The summed E-state index contributed by atoms with van der Waals surface area (Å²) in [5.41, 5.74) is 1.63. The van der Waals surface area contributed by atoms with Crippen LogP contribution in [-0.2, 0) is 4.74 Å². The van der Waals surface area contributed by atoms with Gasteiger partial charge in [-0.3, -0.25) is 0 Å². The van der Waals surface area contributed by atoms with Gasteiger partial charge in [-0.1, -0.05) is 6.58 Å². The van der Waals surface area contributed by atoms with E-state index in [4.69, 9.17) is 9.84 Å². The van der Waals surface area contributed by atoms with Gasteiger partial charge >= 0.3 is 0 Å². The highest BCUT2D eigenvalue weighted by atomic mass is 16.5. The molecule has 0 aliphatic heterocycles. The highest BCUT2D eigenvalue weighted by Crippen LogP contribution is 2.11. The Morgan fingerprint density at radius 1 is 1.50 bits per heavy atom. The number of methoxy groups -OCH3 is 1. The van der Waals surface area contributed by atoms with Crippen molar-refractivity contribution >= 4 is 0 Å². The molecule has 2 heteroatoms. The van der Waals surface area contributed by atoms with Gasteiger partial charge in [-0.2, -0.15) is 0 Å². The van der Waals surface area contributed by atoms with Crippen molar-refractivity contribution in [2.24, 2.45) is 0 Å². The standard InChI is InChI=1S/C8H14O2/c1-6(5-9)7(2)8(3)10-4/h9H,1,5H2,2-4H3/b8-7+. The van der Waals surface area contributed by atoms with Crippen LogP contribution in [0.1, 0.15) is 13.8 Å². The van der Waals surface area contributed by atoms with Gasteiger partial charge in [0.1, 0.15) is 0 Å². The maximum absolute atomic E-state index is 8.66. The molecule has 10 heavy (non-hydrogen) atoms. The summed E-state index contributed by atoms with van der Waals surface area (Å²) in [7, 11) is 1.60. The predicted molar refractivity (Wildman–Crippen MR) is 41.6 cm³/mol. The van der Waals surface area contributed by atoms with E-state index >= 15 is 0 Å². The van der Waals surface area contributed by atoms with Gasteiger partial charge in [-0.25, -0.2) is 0 Å². The van der Waals surface area contributed by atoms with Crippen molar-refractivity contribution in [2.75, 3.05) is 13.7 Å². The maximum atomic E-state index is 8.66. The van der Waals surface area contributed by atoms with Gasteiger partial charge in [0.2, 0.25) is 0 Å². The summed E-state index contributed by atoms with van der Waals surface area (Å²) < 4.78 is 4.94. The van der Waals surface area contributed by atoms with Crippen LogP contribution < -0.4 is 0 Å². The fourth-order valence-corrected chi connectivity index (χ4v) is 0.521. The second-order valence-electron chi connectivity index (χ2n) is 2.15. The molecule has 0 bridgehead atoms. The fraction of sp³-hybridized carbons (Fsp3) is 0.500. The molecule has 0 aromatic heterocycles. The molecular formula is C8H14O2. The smallest absolute Gasteiger partial charge is 0.0956 e. The van der Waals surface area contributed by atoms with Crippen LogP contribution in [0.5, 0.6) is 0 Å². The summed E-state index contributed by atoms with van der Waals surface area (Å²) in [6.07, 6.45) is 0. The van der Waals surface area contributed by atoms with E-state index in [1.54, 1.807) is 7.11 Å². The Morgan fingerprint density at radius 2 is 2.00 bits per heavy atom. The normalized spacial score (nSPS) is 12.4.